The van der Waals surface area contributed by atoms with E-state index >= 15 is 0 Å². The van der Waals surface area contributed by atoms with Crippen LogP contribution in [0.2, 0.25) is 0 Å². The Balaban J connectivity index is 1.69. The fourth-order valence-electron chi connectivity index (χ4n) is 2.63. The van der Waals surface area contributed by atoms with Crippen LogP contribution in [0.4, 0.5) is 10.1 Å². The summed E-state index contributed by atoms with van der Waals surface area (Å²) in [6.45, 7) is 3.27. The zero-order chi connectivity index (χ0) is 19.4. The van der Waals surface area contributed by atoms with Crippen molar-refractivity contribution >= 4 is 17.5 Å². The molecule has 0 saturated heterocycles. The summed E-state index contributed by atoms with van der Waals surface area (Å²) < 4.78 is 13.2. The lowest BCUT2D eigenvalue weighted by atomic mass is 10.1. The van der Waals surface area contributed by atoms with Crippen molar-refractivity contribution < 1.29 is 14.0 Å². The molecular weight excluding hydrogens is 347 g/mol. The highest BCUT2D eigenvalue weighted by atomic mass is 19.1. The molecule has 2 aromatic carbocycles. The van der Waals surface area contributed by atoms with Crippen LogP contribution in [0, 0.1) is 12.7 Å². The summed E-state index contributed by atoms with van der Waals surface area (Å²) in [4.78, 5) is 24.9. The minimum atomic E-state index is -0.791. The van der Waals surface area contributed by atoms with Crippen molar-refractivity contribution in [2.45, 2.75) is 19.9 Å². The summed E-state index contributed by atoms with van der Waals surface area (Å²) in [6, 6.07) is 12.6. The molecule has 1 heterocycles. The Labute approximate surface area is 155 Å². The van der Waals surface area contributed by atoms with Crippen LogP contribution in [0.3, 0.4) is 0 Å². The Hall–Kier alpha value is -3.48. The number of H-pyrrole nitrogens is 1. The number of aromatic amines is 1. The highest BCUT2D eigenvalue weighted by molar-refractivity contribution is 6.03. The average Bonchev–Trinajstić information content (AvgIpc) is 3.14. The zero-order valence-electron chi connectivity index (χ0n) is 14.9. The number of halogens is 1. The van der Waals surface area contributed by atoms with Gasteiger partial charge in [-0.3, -0.25) is 14.7 Å². The number of amides is 2. The van der Waals surface area contributed by atoms with E-state index in [9.17, 15) is 14.0 Å². The van der Waals surface area contributed by atoms with Crippen LogP contribution in [-0.2, 0) is 4.79 Å². The summed E-state index contributed by atoms with van der Waals surface area (Å²) in [7, 11) is 0. The van der Waals surface area contributed by atoms with Crippen molar-refractivity contribution in [3.05, 3.63) is 71.7 Å². The monoisotopic (exact) mass is 366 g/mol. The molecule has 0 aliphatic carbocycles. The summed E-state index contributed by atoms with van der Waals surface area (Å²) in [5.74, 6) is -1.19. The number of aromatic nitrogens is 2. The summed E-state index contributed by atoms with van der Waals surface area (Å²) >= 11 is 0. The standard InChI is InChI=1S/C20H19FN4O2/c1-12-10-15(21)8-9-17(12)24-19(26)13(2)23-20(27)16-11-22-25-18(16)14-6-4-3-5-7-14/h3-11,13H,1-2H3,(H,22,25)(H,23,27)(H,24,26)/t13-/m1/s1. The second-order valence-corrected chi connectivity index (χ2v) is 6.17. The van der Waals surface area contributed by atoms with Crippen LogP contribution in [-0.4, -0.2) is 28.1 Å². The first-order valence-electron chi connectivity index (χ1n) is 8.42. The molecule has 0 aliphatic heterocycles. The Kier molecular flexibility index (Phi) is 5.30. The first-order valence-corrected chi connectivity index (χ1v) is 8.42. The third-order valence-corrected chi connectivity index (χ3v) is 4.13. The second-order valence-electron chi connectivity index (χ2n) is 6.17. The summed E-state index contributed by atoms with van der Waals surface area (Å²) in [5, 5.41) is 12.1. The molecule has 2 amide bonds. The molecule has 7 heteroatoms. The largest absolute Gasteiger partial charge is 0.340 e. The van der Waals surface area contributed by atoms with Crippen LogP contribution in [0.15, 0.2) is 54.7 Å². The number of nitrogens with one attached hydrogen (secondary N) is 3. The SMILES string of the molecule is Cc1cc(F)ccc1NC(=O)[C@@H](C)NC(=O)c1cn[nH]c1-c1ccccc1. The van der Waals surface area contributed by atoms with Gasteiger partial charge in [0.1, 0.15) is 11.9 Å². The van der Waals surface area contributed by atoms with Gasteiger partial charge in [0.2, 0.25) is 5.91 Å². The van der Waals surface area contributed by atoms with Gasteiger partial charge in [-0.25, -0.2) is 4.39 Å². The molecule has 0 spiro atoms. The lowest BCUT2D eigenvalue weighted by Gasteiger charge is -2.15. The van der Waals surface area contributed by atoms with Gasteiger partial charge in [0, 0.05) is 11.3 Å². The van der Waals surface area contributed by atoms with Gasteiger partial charge in [-0.2, -0.15) is 5.10 Å². The van der Waals surface area contributed by atoms with Gasteiger partial charge in [0.15, 0.2) is 0 Å². The van der Waals surface area contributed by atoms with E-state index in [0.29, 0.717) is 22.5 Å². The molecule has 0 aliphatic rings. The Morgan fingerprint density at radius 1 is 1.15 bits per heavy atom. The summed E-state index contributed by atoms with van der Waals surface area (Å²) in [5.41, 5.74) is 2.84. The van der Waals surface area contributed by atoms with E-state index < -0.39 is 17.9 Å². The predicted octanol–water partition coefficient (Wildman–Crippen LogP) is 3.28. The maximum Gasteiger partial charge on any atom is 0.255 e. The van der Waals surface area contributed by atoms with Crippen molar-refractivity contribution in [2.24, 2.45) is 0 Å². The minimum Gasteiger partial charge on any atom is -0.340 e. The Bertz CT molecular complexity index is 969. The fraction of sp³-hybridized carbons (Fsp3) is 0.150. The second kappa shape index (κ2) is 7.82. The molecule has 3 rings (SSSR count). The maximum absolute atomic E-state index is 13.2. The first-order chi connectivity index (χ1) is 13.0. The molecule has 6 nitrogen and oxygen atoms in total. The van der Waals surface area contributed by atoms with E-state index in [4.69, 9.17) is 0 Å². The summed E-state index contributed by atoms with van der Waals surface area (Å²) in [6.07, 6.45) is 1.42. The van der Waals surface area contributed by atoms with Gasteiger partial charge in [0.05, 0.1) is 17.5 Å². The van der Waals surface area contributed by atoms with Gasteiger partial charge in [-0.15, -0.1) is 0 Å². The molecule has 0 saturated carbocycles. The molecule has 0 unspecified atom stereocenters. The van der Waals surface area contributed by atoms with Crippen molar-refractivity contribution in [3.63, 3.8) is 0 Å². The smallest absolute Gasteiger partial charge is 0.255 e. The van der Waals surface area contributed by atoms with Gasteiger partial charge in [-0.05, 0) is 37.6 Å². The minimum absolute atomic E-state index is 0.346. The zero-order valence-corrected chi connectivity index (χ0v) is 14.9. The van der Waals surface area contributed by atoms with Gasteiger partial charge in [0.25, 0.3) is 5.91 Å². The van der Waals surface area contributed by atoms with Crippen LogP contribution in [0.1, 0.15) is 22.8 Å². The van der Waals surface area contributed by atoms with Gasteiger partial charge >= 0.3 is 0 Å². The predicted molar refractivity (Wildman–Crippen MR) is 101 cm³/mol. The van der Waals surface area contributed by atoms with Crippen LogP contribution >= 0.6 is 0 Å². The number of carbonyl (C=O) groups excluding carboxylic acids is 2. The third-order valence-electron chi connectivity index (χ3n) is 4.13. The van der Waals surface area contributed by atoms with Crippen molar-refractivity contribution in [2.75, 3.05) is 5.32 Å². The maximum atomic E-state index is 13.2. The number of hydrogen-bond donors (Lipinski definition) is 3. The molecular formula is C20H19FN4O2. The lowest BCUT2D eigenvalue weighted by Crippen LogP contribution is -2.41. The van der Waals surface area contributed by atoms with Crippen LogP contribution in [0.5, 0.6) is 0 Å². The molecule has 0 radical (unpaired) electrons. The van der Waals surface area contributed by atoms with E-state index in [0.717, 1.165) is 5.56 Å². The number of rotatable bonds is 5. The van der Waals surface area contributed by atoms with Crippen molar-refractivity contribution in [1.29, 1.82) is 0 Å². The quantitative estimate of drug-likeness (QED) is 0.648. The van der Waals surface area contributed by atoms with E-state index in [1.165, 1.54) is 24.4 Å². The van der Waals surface area contributed by atoms with E-state index in [2.05, 4.69) is 20.8 Å². The molecule has 1 aromatic heterocycles. The molecule has 3 aromatic rings. The number of carbonyl (C=O) groups is 2. The highest BCUT2D eigenvalue weighted by Gasteiger charge is 2.21. The Morgan fingerprint density at radius 3 is 2.59 bits per heavy atom. The molecule has 138 valence electrons. The fourth-order valence-corrected chi connectivity index (χ4v) is 2.63. The van der Waals surface area contributed by atoms with Gasteiger partial charge in [-0.1, -0.05) is 30.3 Å². The highest BCUT2D eigenvalue weighted by Crippen LogP contribution is 2.21. The van der Waals surface area contributed by atoms with E-state index in [-0.39, 0.29) is 5.82 Å². The van der Waals surface area contributed by atoms with Gasteiger partial charge < -0.3 is 10.6 Å². The molecule has 0 fully saturated rings. The van der Waals surface area contributed by atoms with E-state index in [1.54, 1.807) is 13.8 Å². The molecule has 1 atom stereocenters. The van der Waals surface area contributed by atoms with Crippen molar-refractivity contribution in [3.8, 4) is 11.3 Å². The normalized spacial score (nSPS) is 11.7. The average molecular weight is 366 g/mol. The van der Waals surface area contributed by atoms with Crippen LogP contribution in [0.25, 0.3) is 11.3 Å². The first kappa shape index (κ1) is 18.3. The third kappa shape index (κ3) is 4.20. The molecule has 27 heavy (non-hydrogen) atoms. The van der Waals surface area contributed by atoms with Crippen LogP contribution < -0.4 is 10.6 Å². The number of benzene rings is 2. The van der Waals surface area contributed by atoms with Crippen molar-refractivity contribution in [1.82, 2.24) is 15.5 Å². The Morgan fingerprint density at radius 2 is 1.89 bits per heavy atom. The number of aryl methyl sites for hydroxylation is 1. The molecule has 0 bridgehead atoms. The lowest BCUT2D eigenvalue weighted by molar-refractivity contribution is -0.117. The number of nitrogens with zero attached hydrogens (tertiary/aromatic N) is 1. The van der Waals surface area contributed by atoms with E-state index in [1.807, 2.05) is 30.3 Å². The topological polar surface area (TPSA) is 86.9 Å². The number of hydrogen-bond acceptors (Lipinski definition) is 3. The molecule has 3 N–H and O–H groups in total. The number of anilines is 1.